The Hall–Kier alpha value is -3.60. The molecule has 3 aromatic carbocycles. The molecule has 5 heteroatoms. The molecule has 0 spiro atoms. The number of fused-ring (bicyclic) bond motifs is 1. The van der Waals surface area contributed by atoms with E-state index in [1.54, 1.807) is 7.11 Å². The molecule has 0 aliphatic heterocycles. The fourth-order valence-corrected chi connectivity index (χ4v) is 4.26. The van der Waals surface area contributed by atoms with Gasteiger partial charge in [-0.15, -0.1) is 0 Å². The van der Waals surface area contributed by atoms with Gasteiger partial charge < -0.3 is 9.47 Å². The molecule has 176 valence electrons. The van der Waals surface area contributed by atoms with Crippen LogP contribution in [0.3, 0.4) is 0 Å². The highest BCUT2D eigenvalue weighted by Gasteiger charge is 2.13. The summed E-state index contributed by atoms with van der Waals surface area (Å²) in [5.41, 5.74) is 3.99. The molecule has 0 amide bonds. The lowest BCUT2D eigenvalue weighted by molar-refractivity contribution is 0.300. The summed E-state index contributed by atoms with van der Waals surface area (Å²) in [5, 5.41) is 0.654. The van der Waals surface area contributed by atoms with Gasteiger partial charge in [-0.25, -0.2) is 4.98 Å². The number of aryl methyl sites for hydroxylation is 2. The summed E-state index contributed by atoms with van der Waals surface area (Å²) in [6.45, 7) is 5.51. The lowest BCUT2D eigenvalue weighted by Gasteiger charge is -2.14. The SMILES string of the molecule is COc1ccc(-c2nc3ccccc3c(=O)n2CCCCCCOc2c(C)cccc2C)cc1. The molecule has 4 rings (SSSR count). The Morgan fingerprint density at radius 1 is 0.824 bits per heavy atom. The zero-order valence-corrected chi connectivity index (χ0v) is 20.2. The number of hydrogen-bond acceptors (Lipinski definition) is 4. The molecule has 0 aliphatic carbocycles. The highest BCUT2D eigenvalue weighted by atomic mass is 16.5. The topological polar surface area (TPSA) is 53.3 Å². The van der Waals surface area contributed by atoms with Crippen molar-refractivity contribution in [3.8, 4) is 22.9 Å². The molecule has 4 aromatic rings. The van der Waals surface area contributed by atoms with Crippen molar-refractivity contribution in [3.05, 3.63) is 88.2 Å². The minimum atomic E-state index is 0.00906. The van der Waals surface area contributed by atoms with Crippen LogP contribution in [0.15, 0.2) is 71.5 Å². The quantitative estimate of drug-likeness (QED) is 0.262. The van der Waals surface area contributed by atoms with Gasteiger partial charge in [0, 0.05) is 12.1 Å². The molecule has 34 heavy (non-hydrogen) atoms. The molecular formula is C29H32N2O3. The van der Waals surface area contributed by atoms with Gasteiger partial charge >= 0.3 is 0 Å². The van der Waals surface area contributed by atoms with Gasteiger partial charge in [-0.05, 0) is 74.2 Å². The van der Waals surface area contributed by atoms with Gasteiger partial charge in [-0.2, -0.15) is 0 Å². The maximum Gasteiger partial charge on any atom is 0.261 e. The molecule has 5 nitrogen and oxygen atoms in total. The number of unbranched alkanes of at least 4 members (excludes halogenated alkanes) is 3. The predicted octanol–water partition coefficient (Wildman–Crippen LogP) is 6.33. The standard InChI is InChI=1S/C29H32N2O3/c1-21-11-10-12-22(2)27(21)34-20-9-5-4-8-19-31-28(23-15-17-24(33-3)18-16-23)30-26-14-7-6-13-25(26)29(31)32/h6-7,10-18H,4-5,8-9,19-20H2,1-3H3. The van der Waals surface area contributed by atoms with Crippen LogP contribution < -0.4 is 15.0 Å². The number of aromatic nitrogens is 2. The Morgan fingerprint density at radius 3 is 2.26 bits per heavy atom. The first-order valence-corrected chi connectivity index (χ1v) is 11.9. The number of para-hydroxylation sites is 2. The Labute approximate surface area is 201 Å². The number of benzene rings is 3. The zero-order chi connectivity index (χ0) is 23.9. The van der Waals surface area contributed by atoms with Crippen LogP contribution in [0.2, 0.25) is 0 Å². The van der Waals surface area contributed by atoms with Crippen LogP contribution in [-0.2, 0) is 6.54 Å². The van der Waals surface area contributed by atoms with Crippen molar-refractivity contribution in [2.24, 2.45) is 0 Å². The van der Waals surface area contributed by atoms with Crippen LogP contribution in [0.25, 0.3) is 22.3 Å². The number of ether oxygens (including phenoxy) is 2. The molecule has 0 saturated carbocycles. The van der Waals surface area contributed by atoms with Crippen LogP contribution in [-0.4, -0.2) is 23.3 Å². The van der Waals surface area contributed by atoms with E-state index in [1.807, 2.05) is 53.1 Å². The summed E-state index contributed by atoms with van der Waals surface area (Å²) in [7, 11) is 1.65. The largest absolute Gasteiger partial charge is 0.497 e. The van der Waals surface area contributed by atoms with Crippen molar-refractivity contribution < 1.29 is 9.47 Å². The average molecular weight is 457 g/mol. The van der Waals surface area contributed by atoms with Gasteiger partial charge in [0.2, 0.25) is 0 Å². The van der Waals surface area contributed by atoms with Gasteiger partial charge in [0.25, 0.3) is 5.56 Å². The predicted molar refractivity (Wildman–Crippen MR) is 138 cm³/mol. The van der Waals surface area contributed by atoms with E-state index in [0.717, 1.165) is 48.3 Å². The van der Waals surface area contributed by atoms with E-state index in [-0.39, 0.29) is 5.56 Å². The normalized spacial score (nSPS) is 11.0. The van der Waals surface area contributed by atoms with E-state index in [0.29, 0.717) is 24.4 Å². The zero-order valence-electron chi connectivity index (χ0n) is 20.2. The fourth-order valence-electron chi connectivity index (χ4n) is 4.26. The van der Waals surface area contributed by atoms with Crippen molar-refractivity contribution in [2.45, 2.75) is 46.1 Å². The van der Waals surface area contributed by atoms with E-state index < -0.39 is 0 Å². The Kier molecular flexibility index (Phi) is 7.63. The van der Waals surface area contributed by atoms with Crippen molar-refractivity contribution in [1.82, 2.24) is 9.55 Å². The van der Waals surface area contributed by atoms with Gasteiger partial charge in [0.15, 0.2) is 0 Å². The molecule has 0 aliphatic rings. The van der Waals surface area contributed by atoms with E-state index >= 15 is 0 Å². The maximum absolute atomic E-state index is 13.3. The second-order valence-corrected chi connectivity index (χ2v) is 8.62. The molecular weight excluding hydrogens is 424 g/mol. The fraction of sp³-hybridized carbons (Fsp3) is 0.310. The smallest absolute Gasteiger partial charge is 0.261 e. The molecule has 0 unspecified atom stereocenters. The maximum atomic E-state index is 13.3. The number of nitrogens with zero attached hydrogens (tertiary/aromatic N) is 2. The molecule has 0 fully saturated rings. The minimum absolute atomic E-state index is 0.00906. The van der Waals surface area contributed by atoms with Crippen LogP contribution >= 0.6 is 0 Å². The van der Waals surface area contributed by atoms with E-state index in [4.69, 9.17) is 14.5 Å². The number of rotatable bonds is 10. The van der Waals surface area contributed by atoms with Crippen molar-refractivity contribution in [3.63, 3.8) is 0 Å². The first-order valence-electron chi connectivity index (χ1n) is 11.9. The molecule has 1 aromatic heterocycles. The summed E-state index contributed by atoms with van der Waals surface area (Å²) in [4.78, 5) is 18.2. The van der Waals surface area contributed by atoms with Gasteiger partial charge in [-0.3, -0.25) is 9.36 Å². The highest BCUT2D eigenvalue weighted by molar-refractivity contribution is 5.79. The summed E-state index contributed by atoms with van der Waals surface area (Å²) < 4.78 is 13.1. The highest BCUT2D eigenvalue weighted by Crippen LogP contribution is 2.24. The first kappa shape index (κ1) is 23.6. The lowest BCUT2D eigenvalue weighted by atomic mass is 10.1. The summed E-state index contributed by atoms with van der Waals surface area (Å²) in [6, 6.07) is 21.5. The van der Waals surface area contributed by atoms with Crippen LogP contribution in [0.4, 0.5) is 0 Å². The van der Waals surface area contributed by atoms with E-state index in [1.165, 1.54) is 11.1 Å². The Bertz CT molecular complexity index is 1290. The third-order valence-electron chi connectivity index (χ3n) is 6.14. The number of methoxy groups -OCH3 is 1. The monoisotopic (exact) mass is 456 g/mol. The van der Waals surface area contributed by atoms with Crippen LogP contribution in [0.1, 0.15) is 36.8 Å². The second kappa shape index (κ2) is 11.0. The van der Waals surface area contributed by atoms with Crippen molar-refractivity contribution in [1.29, 1.82) is 0 Å². The summed E-state index contributed by atoms with van der Waals surface area (Å²) >= 11 is 0. The second-order valence-electron chi connectivity index (χ2n) is 8.62. The lowest BCUT2D eigenvalue weighted by Crippen LogP contribution is -2.23. The Morgan fingerprint density at radius 2 is 1.53 bits per heavy atom. The van der Waals surface area contributed by atoms with Crippen molar-refractivity contribution in [2.75, 3.05) is 13.7 Å². The van der Waals surface area contributed by atoms with Gasteiger partial charge in [0.05, 0.1) is 24.6 Å². The first-order chi connectivity index (χ1) is 16.6. The van der Waals surface area contributed by atoms with Crippen LogP contribution in [0.5, 0.6) is 11.5 Å². The molecule has 0 saturated heterocycles. The third-order valence-corrected chi connectivity index (χ3v) is 6.14. The van der Waals surface area contributed by atoms with E-state index in [2.05, 4.69) is 32.0 Å². The minimum Gasteiger partial charge on any atom is -0.497 e. The summed E-state index contributed by atoms with van der Waals surface area (Å²) in [5.74, 6) is 2.48. The number of hydrogen-bond donors (Lipinski definition) is 0. The molecule has 0 bridgehead atoms. The summed E-state index contributed by atoms with van der Waals surface area (Å²) in [6.07, 6.45) is 3.98. The van der Waals surface area contributed by atoms with E-state index in [9.17, 15) is 4.79 Å². The average Bonchev–Trinajstić information content (AvgIpc) is 2.86. The molecule has 0 atom stereocenters. The van der Waals surface area contributed by atoms with Crippen molar-refractivity contribution >= 4 is 10.9 Å². The van der Waals surface area contributed by atoms with Gasteiger partial charge in [-0.1, -0.05) is 43.2 Å². The third kappa shape index (κ3) is 5.30. The van der Waals surface area contributed by atoms with Crippen LogP contribution in [0, 0.1) is 13.8 Å². The molecule has 0 radical (unpaired) electrons. The molecule has 1 heterocycles. The Balaban J connectivity index is 1.41. The van der Waals surface area contributed by atoms with Gasteiger partial charge in [0.1, 0.15) is 17.3 Å². The molecule has 0 N–H and O–H groups in total.